The number of nitrogens with one attached hydrogen (secondary N) is 1. The third kappa shape index (κ3) is 3.94. The molecule has 1 aromatic carbocycles. The molecule has 0 aliphatic heterocycles. The van der Waals surface area contributed by atoms with E-state index in [1.807, 2.05) is 36.1 Å². The summed E-state index contributed by atoms with van der Waals surface area (Å²) >= 11 is 0. The first-order valence-electron chi connectivity index (χ1n) is 7.48. The highest BCUT2D eigenvalue weighted by Gasteiger charge is 2.12. The molecular formula is C17H25N3. The fourth-order valence-corrected chi connectivity index (χ4v) is 2.45. The Morgan fingerprint density at radius 1 is 1.15 bits per heavy atom. The maximum atomic E-state index is 4.48. The molecule has 0 saturated heterocycles. The van der Waals surface area contributed by atoms with Crippen molar-refractivity contribution in [1.29, 1.82) is 0 Å². The molecule has 0 saturated carbocycles. The van der Waals surface area contributed by atoms with Crippen LogP contribution in [0, 0.1) is 5.92 Å². The van der Waals surface area contributed by atoms with Crippen LogP contribution in [0.5, 0.6) is 0 Å². The third-order valence-electron chi connectivity index (χ3n) is 3.65. The maximum absolute atomic E-state index is 4.48. The van der Waals surface area contributed by atoms with Gasteiger partial charge in [0.1, 0.15) is 0 Å². The van der Waals surface area contributed by atoms with Crippen molar-refractivity contribution in [2.45, 2.75) is 39.2 Å². The van der Waals surface area contributed by atoms with Gasteiger partial charge in [-0.15, -0.1) is 0 Å². The monoisotopic (exact) mass is 271 g/mol. The van der Waals surface area contributed by atoms with Crippen LogP contribution in [-0.4, -0.2) is 16.8 Å². The zero-order valence-corrected chi connectivity index (χ0v) is 12.7. The highest BCUT2D eigenvalue weighted by molar-refractivity contribution is 5.31. The number of benzene rings is 1. The molecule has 0 aliphatic rings. The molecule has 0 bridgehead atoms. The van der Waals surface area contributed by atoms with Crippen LogP contribution in [0.1, 0.15) is 44.7 Å². The molecule has 1 N–H and O–H groups in total. The van der Waals surface area contributed by atoms with Crippen molar-refractivity contribution in [2.24, 2.45) is 5.92 Å². The van der Waals surface area contributed by atoms with Crippen molar-refractivity contribution >= 4 is 0 Å². The zero-order valence-electron chi connectivity index (χ0n) is 12.7. The minimum Gasteiger partial charge on any atom is -0.313 e. The van der Waals surface area contributed by atoms with E-state index in [0.717, 1.165) is 18.0 Å². The standard InChI is InChI=1S/C17H25N3/c1-14(2)8-7-11-17(18-3)15-12-19-20(13-15)16-9-5-4-6-10-16/h4-6,9-10,12-14,17-18H,7-8,11H2,1-3H3. The first-order valence-corrected chi connectivity index (χ1v) is 7.48. The van der Waals surface area contributed by atoms with E-state index in [1.165, 1.54) is 18.4 Å². The minimum atomic E-state index is 0.395. The fraction of sp³-hybridized carbons (Fsp3) is 0.471. The van der Waals surface area contributed by atoms with E-state index < -0.39 is 0 Å². The van der Waals surface area contributed by atoms with Gasteiger partial charge in [-0.05, 0) is 31.5 Å². The van der Waals surface area contributed by atoms with Crippen LogP contribution in [0.15, 0.2) is 42.7 Å². The lowest BCUT2D eigenvalue weighted by atomic mass is 10.0. The Morgan fingerprint density at radius 2 is 1.90 bits per heavy atom. The Kier molecular flexibility index (Phi) is 5.36. The van der Waals surface area contributed by atoms with Crippen molar-refractivity contribution in [2.75, 3.05) is 7.05 Å². The molecule has 108 valence electrons. The molecule has 0 radical (unpaired) electrons. The van der Waals surface area contributed by atoms with Gasteiger partial charge in [0.05, 0.1) is 11.9 Å². The highest BCUT2D eigenvalue weighted by atomic mass is 15.3. The molecular weight excluding hydrogens is 246 g/mol. The average molecular weight is 271 g/mol. The second-order valence-electron chi connectivity index (χ2n) is 5.72. The highest BCUT2D eigenvalue weighted by Crippen LogP contribution is 2.21. The predicted molar refractivity (Wildman–Crippen MR) is 84.1 cm³/mol. The predicted octanol–water partition coefficient (Wildman–Crippen LogP) is 3.96. The normalized spacial score (nSPS) is 12.8. The van der Waals surface area contributed by atoms with Gasteiger partial charge in [-0.1, -0.05) is 44.9 Å². The van der Waals surface area contributed by atoms with Crippen LogP contribution < -0.4 is 5.32 Å². The van der Waals surface area contributed by atoms with Crippen molar-refractivity contribution < 1.29 is 0 Å². The van der Waals surface area contributed by atoms with E-state index in [2.05, 4.69) is 42.6 Å². The maximum Gasteiger partial charge on any atom is 0.0645 e. The van der Waals surface area contributed by atoms with Gasteiger partial charge in [0, 0.05) is 17.8 Å². The van der Waals surface area contributed by atoms with E-state index >= 15 is 0 Å². The summed E-state index contributed by atoms with van der Waals surface area (Å²) in [5.41, 5.74) is 2.37. The quantitative estimate of drug-likeness (QED) is 0.826. The minimum absolute atomic E-state index is 0.395. The topological polar surface area (TPSA) is 29.9 Å². The van der Waals surface area contributed by atoms with Crippen molar-refractivity contribution in [1.82, 2.24) is 15.1 Å². The zero-order chi connectivity index (χ0) is 14.4. The molecule has 1 unspecified atom stereocenters. The van der Waals surface area contributed by atoms with E-state index in [9.17, 15) is 0 Å². The van der Waals surface area contributed by atoms with Gasteiger partial charge in [-0.3, -0.25) is 0 Å². The number of para-hydroxylation sites is 1. The van der Waals surface area contributed by atoms with Crippen LogP contribution in [-0.2, 0) is 0 Å². The van der Waals surface area contributed by atoms with Gasteiger partial charge in [-0.2, -0.15) is 5.10 Å². The first kappa shape index (κ1) is 14.8. The number of hydrogen-bond donors (Lipinski definition) is 1. The molecule has 3 nitrogen and oxygen atoms in total. The summed E-state index contributed by atoms with van der Waals surface area (Å²) in [6.45, 7) is 4.56. The molecule has 1 atom stereocenters. The first-order chi connectivity index (χ1) is 9.70. The fourth-order valence-electron chi connectivity index (χ4n) is 2.45. The van der Waals surface area contributed by atoms with Crippen LogP contribution in [0.4, 0.5) is 0 Å². The summed E-state index contributed by atoms with van der Waals surface area (Å²) in [4.78, 5) is 0. The summed E-state index contributed by atoms with van der Waals surface area (Å²) in [5.74, 6) is 0.777. The van der Waals surface area contributed by atoms with E-state index in [-0.39, 0.29) is 0 Å². The Labute approximate surface area is 122 Å². The molecule has 0 spiro atoms. The third-order valence-corrected chi connectivity index (χ3v) is 3.65. The van der Waals surface area contributed by atoms with Crippen LogP contribution in [0.2, 0.25) is 0 Å². The second-order valence-corrected chi connectivity index (χ2v) is 5.72. The van der Waals surface area contributed by atoms with Crippen molar-refractivity contribution in [3.63, 3.8) is 0 Å². The van der Waals surface area contributed by atoms with Gasteiger partial charge >= 0.3 is 0 Å². The molecule has 2 aromatic rings. The molecule has 20 heavy (non-hydrogen) atoms. The molecule has 1 aromatic heterocycles. The van der Waals surface area contributed by atoms with Crippen LogP contribution in [0.25, 0.3) is 5.69 Å². The molecule has 2 rings (SSSR count). The van der Waals surface area contributed by atoms with Crippen LogP contribution >= 0.6 is 0 Å². The van der Waals surface area contributed by atoms with E-state index in [0.29, 0.717) is 6.04 Å². The Balaban J connectivity index is 2.02. The van der Waals surface area contributed by atoms with Crippen molar-refractivity contribution in [3.05, 3.63) is 48.3 Å². The second kappa shape index (κ2) is 7.25. The molecule has 0 aliphatic carbocycles. The molecule has 1 heterocycles. The van der Waals surface area contributed by atoms with Gasteiger partial charge in [0.2, 0.25) is 0 Å². The van der Waals surface area contributed by atoms with Gasteiger partial charge in [0.15, 0.2) is 0 Å². The van der Waals surface area contributed by atoms with Crippen LogP contribution in [0.3, 0.4) is 0 Å². The average Bonchev–Trinajstić information content (AvgIpc) is 2.94. The SMILES string of the molecule is CNC(CCCC(C)C)c1cnn(-c2ccccc2)c1. The largest absolute Gasteiger partial charge is 0.313 e. The summed E-state index contributed by atoms with van der Waals surface area (Å²) in [6.07, 6.45) is 7.80. The van der Waals surface area contributed by atoms with E-state index in [4.69, 9.17) is 0 Å². The lowest BCUT2D eigenvalue weighted by Crippen LogP contribution is -2.16. The smallest absolute Gasteiger partial charge is 0.0645 e. The Morgan fingerprint density at radius 3 is 2.55 bits per heavy atom. The van der Waals surface area contributed by atoms with Crippen molar-refractivity contribution in [3.8, 4) is 5.69 Å². The number of rotatable bonds is 7. The van der Waals surface area contributed by atoms with Gasteiger partial charge in [0.25, 0.3) is 0 Å². The Bertz CT molecular complexity index is 502. The number of aromatic nitrogens is 2. The Hall–Kier alpha value is -1.61. The van der Waals surface area contributed by atoms with E-state index in [1.54, 1.807) is 0 Å². The van der Waals surface area contributed by atoms with Gasteiger partial charge in [-0.25, -0.2) is 4.68 Å². The number of hydrogen-bond acceptors (Lipinski definition) is 2. The van der Waals surface area contributed by atoms with Gasteiger partial charge < -0.3 is 5.32 Å². The summed E-state index contributed by atoms with van der Waals surface area (Å²) in [5, 5.41) is 7.88. The number of nitrogens with zero attached hydrogens (tertiary/aromatic N) is 2. The molecule has 0 amide bonds. The molecule has 0 fully saturated rings. The summed E-state index contributed by atoms with van der Waals surface area (Å²) in [6, 6.07) is 10.6. The summed E-state index contributed by atoms with van der Waals surface area (Å²) < 4.78 is 1.95. The lowest BCUT2D eigenvalue weighted by Gasteiger charge is -2.15. The lowest BCUT2D eigenvalue weighted by molar-refractivity contribution is 0.470. The molecule has 3 heteroatoms. The summed E-state index contributed by atoms with van der Waals surface area (Å²) in [7, 11) is 2.03.